The van der Waals surface area contributed by atoms with E-state index >= 15 is 0 Å². The third-order valence-electron chi connectivity index (χ3n) is 10.1. The summed E-state index contributed by atoms with van der Waals surface area (Å²) in [5.41, 5.74) is 13.8. The van der Waals surface area contributed by atoms with Crippen LogP contribution in [-0.2, 0) is 0 Å². The fourth-order valence-electron chi connectivity index (χ4n) is 7.39. The summed E-state index contributed by atoms with van der Waals surface area (Å²) in [6, 6.07) is 68.9. The van der Waals surface area contributed by atoms with Gasteiger partial charge in [-0.25, -0.2) is 15.0 Å². The van der Waals surface area contributed by atoms with Crippen LogP contribution in [0.15, 0.2) is 205 Å². The van der Waals surface area contributed by atoms with Gasteiger partial charge in [-0.3, -0.25) is 0 Å². The Labute approximate surface area is 319 Å². The second kappa shape index (κ2) is 13.8. The zero-order chi connectivity index (χ0) is 36.6. The summed E-state index contributed by atoms with van der Waals surface area (Å²) in [6.45, 7) is 0. The van der Waals surface area contributed by atoms with Crippen molar-refractivity contribution in [1.82, 2.24) is 15.0 Å². The lowest BCUT2D eigenvalue weighted by Gasteiger charge is -2.11. The second-order valence-electron chi connectivity index (χ2n) is 13.6. The summed E-state index contributed by atoms with van der Waals surface area (Å²) < 4.78 is 6.99. The molecule has 10 rings (SSSR count). The molecular weight excluding hydrogens is 671 g/mol. The number of fused-ring (bicyclic) bond motifs is 3. The Balaban J connectivity index is 1.12. The van der Waals surface area contributed by atoms with Gasteiger partial charge in [0.05, 0.1) is 28.0 Å². The van der Waals surface area contributed by atoms with E-state index in [1.165, 1.54) is 5.56 Å². The molecule has 4 heteroatoms. The van der Waals surface area contributed by atoms with E-state index in [1.54, 1.807) is 0 Å². The first-order valence-corrected chi connectivity index (χ1v) is 18.4. The van der Waals surface area contributed by atoms with Gasteiger partial charge in [-0.1, -0.05) is 182 Å². The van der Waals surface area contributed by atoms with Crippen molar-refractivity contribution in [1.29, 1.82) is 0 Å². The molecule has 55 heavy (non-hydrogen) atoms. The molecular formula is C51H33N3O. The standard InChI is InChI=1S/C51H33N3O/c1-5-15-34(16-6-1)35-25-27-36(28-26-35)44-33-45(54-51(53-44)41-21-11-4-12-22-41)37-29-31-40(32-30-37)49-46(38-17-7-2-8-18-38)47-48(39-19-9-3-10-20-39)52-43-24-14-13-23-42(43)50(47)55-49/h1-33H. The summed E-state index contributed by atoms with van der Waals surface area (Å²) >= 11 is 0. The highest BCUT2D eigenvalue weighted by Gasteiger charge is 2.24. The summed E-state index contributed by atoms with van der Waals surface area (Å²) in [7, 11) is 0. The lowest BCUT2D eigenvalue weighted by Crippen LogP contribution is -1.96. The molecule has 0 aliphatic carbocycles. The molecule has 0 spiro atoms. The maximum absolute atomic E-state index is 6.99. The van der Waals surface area contributed by atoms with Crippen molar-refractivity contribution in [3.8, 4) is 78.7 Å². The number of pyridine rings is 1. The number of hydrogen-bond donors (Lipinski definition) is 0. The van der Waals surface area contributed by atoms with Crippen LogP contribution in [0, 0.1) is 0 Å². The Morgan fingerprint density at radius 1 is 0.345 bits per heavy atom. The fraction of sp³-hybridized carbons (Fsp3) is 0. The van der Waals surface area contributed by atoms with Gasteiger partial charge in [0.25, 0.3) is 0 Å². The molecule has 3 heterocycles. The summed E-state index contributed by atoms with van der Waals surface area (Å²) in [6.07, 6.45) is 0. The van der Waals surface area contributed by atoms with E-state index in [9.17, 15) is 0 Å². The Bertz CT molecular complexity index is 2920. The van der Waals surface area contributed by atoms with Gasteiger partial charge in [-0.15, -0.1) is 0 Å². The average Bonchev–Trinajstić information content (AvgIpc) is 3.68. The van der Waals surface area contributed by atoms with E-state index in [4.69, 9.17) is 19.4 Å². The monoisotopic (exact) mass is 703 g/mol. The highest BCUT2D eigenvalue weighted by molar-refractivity contribution is 6.16. The fourth-order valence-corrected chi connectivity index (χ4v) is 7.39. The molecule has 3 aromatic heterocycles. The minimum absolute atomic E-state index is 0.681. The van der Waals surface area contributed by atoms with E-state index in [2.05, 4.69) is 152 Å². The molecule has 0 fully saturated rings. The lowest BCUT2D eigenvalue weighted by molar-refractivity contribution is 0.636. The van der Waals surface area contributed by atoms with Crippen molar-refractivity contribution in [3.05, 3.63) is 200 Å². The first-order valence-electron chi connectivity index (χ1n) is 18.4. The van der Waals surface area contributed by atoms with Crippen LogP contribution < -0.4 is 0 Å². The maximum atomic E-state index is 6.99. The molecule has 10 aromatic rings. The molecule has 0 aliphatic rings. The Kier molecular flexibility index (Phi) is 8.12. The Morgan fingerprint density at radius 2 is 0.800 bits per heavy atom. The molecule has 0 N–H and O–H groups in total. The molecule has 0 atom stereocenters. The number of hydrogen-bond acceptors (Lipinski definition) is 4. The van der Waals surface area contributed by atoms with Gasteiger partial charge in [0.2, 0.25) is 0 Å². The maximum Gasteiger partial charge on any atom is 0.160 e. The van der Waals surface area contributed by atoms with E-state index in [-0.39, 0.29) is 0 Å². The molecule has 7 aromatic carbocycles. The SMILES string of the molecule is c1ccc(-c2ccc(-c3cc(-c4ccc(-c5oc6c(c(-c7ccccc7)nc7ccccc76)c5-c5ccccc5)cc4)nc(-c4ccccc4)n3)cc2)cc1. The highest BCUT2D eigenvalue weighted by Crippen LogP contribution is 2.46. The molecule has 0 amide bonds. The van der Waals surface area contributed by atoms with Gasteiger partial charge in [0, 0.05) is 38.8 Å². The molecule has 258 valence electrons. The van der Waals surface area contributed by atoms with Crippen LogP contribution in [0.25, 0.3) is 101 Å². The number of furan rings is 1. The Morgan fingerprint density at radius 3 is 1.40 bits per heavy atom. The topological polar surface area (TPSA) is 51.8 Å². The first-order chi connectivity index (χ1) is 27.3. The predicted octanol–water partition coefficient (Wildman–Crippen LogP) is 13.4. The quantitative estimate of drug-likeness (QED) is 0.166. The lowest BCUT2D eigenvalue weighted by atomic mass is 9.94. The van der Waals surface area contributed by atoms with Gasteiger partial charge in [-0.2, -0.15) is 0 Å². The van der Waals surface area contributed by atoms with Crippen LogP contribution >= 0.6 is 0 Å². The largest absolute Gasteiger partial charge is 0.455 e. The van der Waals surface area contributed by atoms with Gasteiger partial charge < -0.3 is 4.42 Å². The minimum atomic E-state index is 0.681. The van der Waals surface area contributed by atoms with Gasteiger partial charge >= 0.3 is 0 Å². The van der Waals surface area contributed by atoms with Crippen LogP contribution in [0.5, 0.6) is 0 Å². The van der Waals surface area contributed by atoms with Crippen molar-refractivity contribution in [2.24, 2.45) is 0 Å². The van der Waals surface area contributed by atoms with Gasteiger partial charge in [0.1, 0.15) is 11.3 Å². The molecule has 0 bridgehead atoms. The van der Waals surface area contributed by atoms with Crippen molar-refractivity contribution in [3.63, 3.8) is 0 Å². The van der Waals surface area contributed by atoms with Crippen LogP contribution in [0.4, 0.5) is 0 Å². The number of benzene rings is 7. The summed E-state index contributed by atoms with van der Waals surface area (Å²) in [5, 5.41) is 1.98. The van der Waals surface area contributed by atoms with Crippen molar-refractivity contribution in [2.45, 2.75) is 0 Å². The van der Waals surface area contributed by atoms with E-state index in [0.29, 0.717) is 5.82 Å². The first kappa shape index (κ1) is 32.2. The average molecular weight is 704 g/mol. The summed E-state index contributed by atoms with van der Waals surface area (Å²) in [4.78, 5) is 15.4. The van der Waals surface area contributed by atoms with Crippen LogP contribution in [-0.4, -0.2) is 15.0 Å². The highest BCUT2D eigenvalue weighted by atomic mass is 16.3. The van der Waals surface area contributed by atoms with Crippen LogP contribution in [0.2, 0.25) is 0 Å². The summed E-state index contributed by atoms with van der Waals surface area (Å²) in [5.74, 6) is 1.48. The molecule has 0 saturated heterocycles. The van der Waals surface area contributed by atoms with Gasteiger partial charge in [0.15, 0.2) is 5.82 Å². The predicted molar refractivity (Wildman–Crippen MR) is 225 cm³/mol. The number of rotatable bonds is 7. The van der Waals surface area contributed by atoms with E-state index < -0.39 is 0 Å². The minimum Gasteiger partial charge on any atom is -0.455 e. The van der Waals surface area contributed by atoms with Crippen molar-refractivity contribution in [2.75, 3.05) is 0 Å². The van der Waals surface area contributed by atoms with Crippen molar-refractivity contribution >= 4 is 21.9 Å². The molecule has 0 radical (unpaired) electrons. The Hall–Kier alpha value is -7.43. The van der Waals surface area contributed by atoms with Gasteiger partial charge in [-0.05, 0) is 34.9 Å². The smallest absolute Gasteiger partial charge is 0.160 e. The van der Waals surface area contributed by atoms with Crippen LogP contribution in [0.1, 0.15) is 0 Å². The number of para-hydroxylation sites is 1. The second-order valence-corrected chi connectivity index (χ2v) is 13.6. The third kappa shape index (κ3) is 6.06. The normalized spacial score (nSPS) is 11.3. The van der Waals surface area contributed by atoms with Crippen LogP contribution in [0.3, 0.4) is 0 Å². The zero-order valence-corrected chi connectivity index (χ0v) is 29.8. The number of aromatic nitrogens is 3. The third-order valence-corrected chi connectivity index (χ3v) is 10.1. The zero-order valence-electron chi connectivity index (χ0n) is 29.8. The number of nitrogens with zero attached hydrogens (tertiary/aromatic N) is 3. The molecule has 0 unspecified atom stereocenters. The molecule has 0 saturated carbocycles. The van der Waals surface area contributed by atoms with E-state index in [1.807, 2.05) is 48.5 Å². The van der Waals surface area contributed by atoms with E-state index in [0.717, 1.165) is 89.2 Å². The van der Waals surface area contributed by atoms with Crippen molar-refractivity contribution < 1.29 is 4.42 Å². The molecule has 0 aliphatic heterocycles. The molecule has 4 nitrogen and oxygen atoms in total.